The van der Waals surface area contributed by atoms with Crippen LogP contribution < -0.4 is 5.32 Å². The van der Waals surface area contributed by atoms with E-state index in [1.165, 1.54) is 0 Å². The van der Waals surface area contributed by atoms with Gasteiger partial charge >= 0.3 is 0 Å². The highest BCUT2D eigenvalue weighted by Gasteiger charge is 1.96. The zero-order chi connectivity index (χ0) is 23.4. The molecule has 0 aromatic carbocycles. The highest BCUT2D eigenvalue weighted by atomic mass is 16.3. The Kier molecular flexibility index (Phi) is 14.8. The van der Waals surface area contributed by atoms with Gasteiger partial charge in [-0.15, -0.1) is 0 Å². The minimum Gasteiger partial charge on any atom is -0.395 e. The quantitative estimate of drug-likeness (QED) is 0.346. The first-order chi connectivity index (χ1) is 14.7. The van der Waals surface area contributed by atoms with Crippen molar-refractivity contribution in [1.29, 1.82) is 0 Å². The van der Waals surface area contributed by atoms with Gasteiger partial charge in [-0.2, -0.15) is 0 Å². The van der Waals surface area contributed by atoms with Crippen LogP contribution in [0.5, 0.6) is 0 Å². The highest BCUT2D eigenvalue weighted by molar-refractivity contribution is 5.75. The topological polar surface area (TPSA) is 49.3 Å². The average molecular weight is 376 g/mol. The van der Waals surface area contributed by atoms with Crippen LogP contribution in [0.3, 0.4) is 0 Å². The molecule has 0 aliphatic rings. The van der Waals surface area contributed by atoms with Crippen LogP contribution in [0.2, 0.25) is 0 Å². The summed E-state index contributed by atoms with van der Waals surface area (Å²) in [6.45, 7) is -3.81. The van der Waals surface area contributed by atoms with Crippen molar-refractivity contribution in [2.45, 2.75) is 58.3 Å². The Morgan fingerprint density at radius 2 is 1.19 bits per heavy atom. The van der Waals surface area contributed by atoms with E-state index in [1.807, 2.05) is 23.5 Å². The number of allylic oxidation sites excluding steroid dienone is 12. The second kappa shape index (κ2) is 21.9. The van der Waals surface area contributed by atoms with Crippen molar-refractivity contribution in [2.75, 3.05) is 13.1 Å². The maximum Gasteiger partial charge on any atom is 0.220 e. The van der Waals surface area contributed by atoms with Crippen molar-refractivity contribution in [3.63, 3.8) is 0 Å². The Hall–Kier alpha value is -2.13. The number of hydrogen-bond acceptors (Lipinski definition) is 2. The normalized spacial score (nSPS) is 16.1. The highest BCUT2D eigenvalue weighted by Crippen LogP contribution is 1.97. The molecule has 0 atom stereocenters. The summed E-state index contributed by atoms with van der Waals surface area (Å²) in [5.41, 5.74) is 0. The average Bonchev–Trinajstić information content (AvgIpc) is 2.68. The van der Waals surface area contributed by atoms with Gasteiger partial charge in [-0.25, -0.2) is 0 Å². The van der Waals surface area contributed by atoms with Gasteiger partial charge in [0.1, 0.15) is 0 Å². The number of hydrogen-bond donors (Lipinski definition) is 2. The molecule has 1 amide bonds. The fraction of sp³-hybridized carbons (Fsp3) is 0.458. The van der Waals surface area contributed by atoms with Gasteiger partial charge in [0.2, 0.25) is 5.91 Å². The maximum absolute atomic E-state index is 11.6. The fourth-order valence-electron chi connectivity index (χ4n) is 2.01. The van der Waals surface area contributed by atoms with Gasteiger partial charge in [0.25, 0.3) is 0 Å². The molecule has 27 heavy (non-hydrogen) atoms. The van der Waals surface area contributed by atoms with Crippen molar-refractivity contribution in [1.82, 2.24) is 5.32 Å². The molecule has 0 heterocycles. The van der Waals surface area contributed by atoms with E-state index in [0.717, 1.165) is 38.5 Å². The molecule has 0 aliphatic heterocycles. The molecular formula is C24H37NO2. The predicted molar refractivity (Wildman–Crippen MR) is 118 cm³/mol. The largest absolute Gasteiger partial charge is 0.395 e. The van der Waals surface area contributed by atoms with E-state index in [0.29, 0.717) is 6.42 Å². The van der Waals surface area contributed by atoms with Crippen LogP contribution in [0.4, 0.5) is 0 Å². The van der Waals surface area contributed by atoms with Crippen LogP contribution in [0.15, 0.2) is 72.9 Å². The molecule has 150 valence electrons. The van der Waals surface area contributed by atoms with Gasteiger partial charge in [-0.05, 0) is 44.9 Å². The minimum absolute atomic E-state index is 0.0256. The molecule has 2 N–H and O–H groups in total. The molecule has 0 saturated heterocycles. The Morgan fingerprint density at radius 1 is 0.778 bits per heavy atom. The van der Waals surface area contributed by atoms with Crippen LogP contribution in [-0.4, -0.2) is 24.1 Å². The lowest BCUT2D eigenvalue weighted by molar-refractivity contribution is -0.121. The summed E-state index contributed by atoms with van der Waals surface area (Å²) in [5, 5.41) is 10.9. The Labute approximate surface area is 171 Å². The van der Waals surface area contributed by atoms with Crippen LogP contribution in [0.25, 0.3) is 0 Å². The Morgan fingerprint density at radius 3 is 1.59 bits per heavy atom. The Bertz CT molecular complexity index is 657. The van der Waals surface area contributed by atoms with Crippen LogP contribution >= 0.6 is 0 Å². The van der Waals surface area contributed by atoms with Crippen molar-refractivity contribution in [2.24, 2.45) is 0 Å². The van der Waals surface area contributed by atoms with E-state index in [9.17, 15) is 4.79 Å². The van der Waals surface area contributed by atoms with Crippen LogP contribution in [0.1, 0.15) is 63.8 Å². The SMILES string of the molecule is [2H]C([2H])(O)C([2H])([2H])NC(=O)CC/C=C\C/C=C\C/C=C\C/C=C\C/C=C\C/C=C\CC. The number of carbonyl (C=O) groups is 1. The summed E-state index contributed by atoms with van der Waals surface area (Å²) < 4.78 is 28.5. The third-order valence-corrected chi connectivity index (χ3v) is 3.39. The number of carbonyl (C=O) groups excluding carboxylic acids is 1. The molecule has 0 aromatic rings. The van der Waals surface area contributed by atoms with Crippen molar-refractivity contribution < 1.29 is 15.4 Å². The first kappa shape index (κ1) is 18.2. The second-order valence-corrected chi connectivity index (χ2v) is 5.74. The zero-order valence-electron chi connectivity index (χ0n) is 20.4. The van der Waals surface area contributed by atoms with Crippen molar-refractivity contribution >= 4 is 5.91 Å². The number of rotatable bonds is 16. The van der Waals surface area contributed by atoms with E-state index >= 15 is 0 Å². The molecule has 0 saturated carbocycles. The summed E-state index contributed by atoms with van der Waals surface area (Å²) >= 11 is 0. The predicted octanol–water partition coefficient (Wildman–Crippen LogP) is 5.57. The van der Waals surface area contributed by atoms with Crippen LogP contribution in [-0.2, 0) is 4.79 Å². The number of nitrogens with one attached hydrogen (secondary N) is 1. The van der Waals surface area contributed by atoms with E-state index in [2.05, 4.69) is 61.6 Å². The second-order valence-electron chi connectivity index (χ2n) is 5.74. The molecule has 0 unspecified atom stereocenters. The van der Waals surface area contributed by atoms with Gasteiger partial charge in [0, 0.05) is 12.9 Å². The van der Waals surface area contributed by atoms with Gasteiger partial charge < -0.3 is 10.4 Å². The van der Waals surface area contributed by atoms with E-state index < -0.39 is 19.0 Å². The summed E-state index contributed by atoms with van der Waals surface area (Å²) in [4.78, 5) is 11.6. The molecule has 0 aromatic heterocycles. The van der Waals surface area contributed by atoms with Gasteiger partial charge in [-0.1, -0.05) is 79.8 Å². The standard InChI is InChI=1S/C24H37NO2/c1-2-3-4-5-6-7-8-9-10-11-12-13-14-15-16-17-18-19-20-21-24(27)25-22-23-26/h3-4,6-7,9-10,12-13,15-16,18-19,26H,2,5,8,11,14,17,20-23H2,1H3,(H,25,27)/b4-3-,7-6-,10-9-,13-12-,16-15-,19-18-/i22D2,23D2. The molecule has 0 rings (SSSR count). The lowest BCUT2D eigenvalue weighted by Crippen LogP contribution is -2.25. The zero-order valence-corrected chi connectivity index (χ0v) is 16.4. The van der Waals surface area contributed by atoms with E-state index in [-0.39, 0.29) is 6.42 Å². The minimum atomic E-state index is -3.13. The van der Waals surface area contributed by atoms with Gasteiger partial charge in [0.15, 0.2) is 0 Å². The monoisotopic (exact) mass is 375 g/mol. The summed E-state index contributed by atoms with van der Waals surface area (Å²) in [5.74, 6) is -0.651. The summed E-state index contributed by atoms with van der Waals surface area (Å²) in [7, 11) is 0. The summed E-state index contributed by atoms with van der Waals surface area (Å²) in [6.07, 6.45) is 31.2. The van der Waals surface area contributed by atoms with Crippen molar-refractivity contribution in [3.8, 4) is 0 Å². The van der Waals surface area contributed by atoms with E-state index in [4.69, 9.17) is 10.6 Å². The lowest BCUT2D eigenvalue weighted by Gasteiger charge is -1.99. The maximum atomic E-state index is 11.6. The molecule has 0 bridgehead atoms. The third-order valence-electron chi connectivity index (χ3n) is 3.39. The molecule has 3 heteroatoms. The number of amides is 1. The number of aliphatic hydroxyl groups is 1. The summed E-state index contributed by atoms with van der Waals surface area (Å²) in [6, 6.07) is 0. The molecular weight excluding hydrogens is 334 g/mol. The van der Waals surface area contributed by atoms with E-state index in [1.54, 1.807) is 0 Å². The smallest absolute Gasteiger partial charge is 0.220 e. The third kappa shape index (κ3) is 21.8. The van der Waals surface area contributed by atoms with Crippen molar-refractivity contribution in [3.05, 3.63) is 72.9 Å². The first-order valence-corrected chi connectivity index (χ1v) is 9.64. The molecule has 0 spiro atoms. The fourth-order valence-corrected chi connectivity index (χ4v) is 2.01. The molecule has 0 radical (unpaired) electrons. The lowest BCUT2D eigenvalue weighted by atomic mass is 10.2. The van der Waals surface area contributed by atoms with Gasteiger partial charge in [0.05, 0.1) is 12.0 Å². The van der Waals surface area contributed by atoms with Gasteiger partial charge in [-0.3, -0.25) is 4.79 Å². The Balaban J connectivity index is 3.78. The molecule has 0 fully saturated rings. The molecule has 0 aliphatic carbocycles. The molecule has 3 nitrogen and oxygen atoms in total. The van der Waals surface area contributed by atoms with Crippen LogP contribution in [0, 0.1) is 0 Å². The first-order valence-electron chi connectivity index (χ1n) is 11.6.